The van der Waals surface area contributed by atoms with Crippen molar-refractivity contribution in [2.75, 3.05) is 48.2 Å². The quantitative estimate of drug-likeness (QED) is 0.453. The van der Waals surface area contributed by atoms with Crippen LogP contribution in [0.5, 0.6) is 11.6 Å². The first kappa shape index (κ1) is 26.6. The van der Waals surface area contributed by atoms with Crippen molar-refractivity contribution in [2.45, 2.75) is 32.4 Å². The van der Waals surface area contributed by atoms with E-state index in [4.69, 9.17) is 4.74 Å². The highest BCUT2D eigenvalue weighted by atomic mass is 32.2. The molecule has 2 N–H and O–H groups in total. The molecule has 1 aliphatic heterocycles. The summed E-state index contributed by atoms with van der Waals surface area (Å²) in [6, 6.07) is 11.6. The van der Waals surface area contributed by atoms with E-state index in [0.717, 1.165) is 26.2 Å². The standard InChI is InChI=1S/C26H33FN6O3S/c1-18-17-28-25(29-19-9-10-23(22(27)16-19)33-13-11-32(5)12-14-33)30-24(18)36-21-8-6-7-20(15-21)31-37(34,35)26(2,3)4/h6-10,15-17,31H,11-14H2,1-5H3,(H,28,29,30). The Bertz CT molecular complexity index is 1370. The second-order valence-corrected chi connectivity index (χ2v) is 12.5. The van der Waals surface area contributed by atoms with Gasteiger partial charge in [0.2, 0.25) is 21.9 Å². The van der Waals surface area contributed by atoms with Gasteiger partial charge in [-0.3, -0.25) is 4.72 Å². The summed E-state index contributed by atoms with van der Waals surface area (Å²) >= 11 is 0. The topological polar surface area (TPSA) is 99.7 Å². The number of hydrogen-bond donors (Lipinski definition) is 2. The zero-order valence-electron chi connectivity index (χ0n) is 21.7. The van der Waals surface area contributed by atoms with Crippen molar-refractivity contribution in [1.82, 2.24) is 14.9 Å². The Morgan fingerprint density at radius 2 is 1.76 bits per heavy atom. The van der Waals surface area contributed by atoms with Crippen LogP contribution in [0.2, 0.25) is 0 Å². The number of aromatic nitrogens is 2. The van der Waals surface area contributed by atoms with Crippen LogP contribution < -0.4 is 19.7 Å². The summed E-state index contributed by atoms with van der Waals surface area (Å²) in [6.07, 6.45) is 1.60. The molecule has 3 aromatic rings. The number of nitrogens with one attached hydrogen (secondary N) is 2. The Balaban J connectivity index is 1.48. The van der Waals surface area contributed by atoms with Gasteiger partial charge in [0.05, 0.1) is 16.1 Å². The number of nitrogens with zero attached hydrogens (tertiary/aromatic N) is 4. The van der Waals surface area contributed by atoms with Gasteiger partial charge in [0.15, 0.2) is 0 Å². The molecule has 1 saturated heterocycles. The van der Waals surface area contributed by atoms with E-state index >= 15 is 0 Å². The lowest BCUT2D eigenvalue weighted by Crippen LogP contribution is -2.44. The number of rotatable bonds is 7. The number of sulfonamides is 1. The molecule has 0 saturated carbocycles. The molecule has 0 radical (unpaired) electrons. The van der Waals surface area contributed by atoms with Crippen molar-refractivity contribution in [3.63, 3.8) is 0 Å². The third kappa shape index (κ3) is 6.47. The van der Waals surface area contributed by atoms with Crippen LogP contribution in [0.1, 0.15) is 26.3 Å². The number of aryl methyl sites for hydroxylation is 1. The Hall–Kier alpha value is -3.44. The maximum atomic E-state index is 14.9. The molecule has 1 aliphatic rings. The zero-order valence-corrected chi connectivity index (χ0v) is 22.6. The number of anilines is 4. The Morgan fingerprint density at radius 3 is 2.43 bits per heavy atom. The van der Waals surface area contributed by atoms with Crippen LogP contribution in [0.25, 0.3) is 0 Å². The second kappa shape index (κ2) is 10.5. The third-order valence-corrected chi connectivity index (χ3v) is 8.20. The molecule has 0 bridgehead atoms. The van der Waals surface area contributed by atoms with Crippen LogP contribution in [0.15, 0.2) is 48.7 Å². The summed E-state index contributed by atoms with van der Waals surface area (Å²) in [5.74, 6) is 0.636. The Labute approximate surface area is 217 Å². The smallest absolute Gasteiger partial charge is 0.237 e. The van der Waals surface area contributed by atoms with Crippen LogP contribution in [0.4, 0.5) is 27.4 Å². The fourth-order valence-corrected chi connectivity index (χ4v) is 4.39. The number of likely N-dealkylation sites (N-methyl/N-ethyl adjacent to an activating group) is 1. The van der Waals surface area contributed by atoms with Crippen molar-refractivity contribution >= 4 is 33.0 Å². The van der Waals surface area contributed by atoms with E-state index in [1.807, 2.05) is 4.90 Å². The number of hydrogen-bond acceptors (Lipinski definition) is 8. The normalized spacial score (nSPS) is 14.9. The van der Waals surface area contributed by atoms with Crippen molar-refractivity contribution in [1.29, 1.82) is 0 Å². The minimum Gasteiger partial charge on any atom is -0.438 e. The largest absolute Gasteiger partial charge is 0.438 e. The van der Waals surface area contributed by atoms with Gasteiger partial charge in [-0.15, -0.1) is 0 Å². The van der Waals surface area contributed by atoms with Crippen molar-refractivity contribution < 1.29 is 17.5 Å². The van der Waals surface area contributed by atoms with E-state index in [9.17, 15) is 12.8 Å². The summed E-state index contributed by atoms with van der Waals surface area (Å²) in [6.45, 7) is 10.0. The van der Waals surface area contributed by atoms with Gasteiger partial charge in [0.1, 0.15) is 11.6 Å². The summed E-state index contributed by atoms with van der Waals surface area (Å²) in [7, 11) is -1.52. The van der Waals surface area contributed by atoms with Gasteiger partial charge in [-0.05, 0) is 65.1 Å². The predicted octanol–water partition coefficient (Wildman–Crippen LogP) is 4.75. The molecule has 0 unspecified atom stereocenters. The van der Waals surface area contributed by atoms with Crippen LogP contribution >= 0.6 is 0 Å². The Morgan fingerprint density at radius 1 is 1.03 bits per heavy atom. The maximum Gasteiger partial charge on any atom is 0.237 e. The molecule has 2 aromatic carbocycles. The fraction of sp³-hybridized carbons (Fsp3) is 0.385. The molecule has 0 aliphatic carbocycles. The maximum absolute atomic E-state index is 14.9. The first-order valence-corrected chi connectivity index (χ1v) is 13.5. The minimum atomic E-state index is -3.58. The molecular weight excluding hydrogens is 495 g/mol. The van der Waals surface area contributed by atoms with Gasteiger partial charge in [-0.1, -0.05) is 6.07 Å². The molecule has 198 valence electrons. The molecule has 1 fully saturated rings. The van der Waals surface area contributed by atoms with E-state index in [1.54, 1.807) is 70.3 Å². The highest BCUT2D eigenvalue weighted by Gasteiger charge is 2.29. The first-order chi connectivity index (χ1) is 17.4. The molecule has 1 aromatic heterocycles. The molecule has 9 nitrogen and oxygen atoms in total. The van der Waals surface area contributed by atoms with Crippen LogP contribution in [0.3, 0.4) is 0 Å². The third-order valence-electron chi connectivity index (χ3n) is 6.08. The summed E-state index contributed by atoms with van der Waals surface area (Å²) in [5, 5.41) is 3.03. The lowest BCUT2D eigenvalue weighted by molar-refractivity contribution is 0.311. The van der Waals surface area contributed by atoms with Gasteiger partial charge < -0.3 is 19.9 Å². The fourth-order valence-electron chi connectivity index (χ4n) is 3.65. The van der Waals surface area contributed by atoms with Gasteiger partial charge in [-0.25, -0.2) is 17.8 Å². The summed E-state index contributed by atoms with van der Waals surface area (Å²) in [5.41, 5.74) is 2.16. The highest BCUT2D eigenvalue weighted by Crippen LogP contribution is 2.29. The molecule has 11 heteroatoms. The second-order valence-electron chi connectivity index (χ2n) is 10.1. The highest BCUT2D eigenvalue weighted by molar-refractivity contribution is 7.94. The van der Waals surface area contributed by atoms with Crippen molar-refractivity contribution in [3.05, 3.63) is 60.0 Å². The predicted molar refractivity (Wildman–Crippen MR) is 145 cm³/mol. The van der Waals surface area contributed by atoms with Crippen molar-refractivity contribution in [3.8, 4) is 11.6 Å². The van der Waals surface area contributed by atoms with E-state index in [2.05, 4.69) is 32.0 Å². The molecule has 4 rings (SSSR count). The SMILES string of the molecule is Cc1cnc(Nc2ccc(N3CCN(C)CC3)c(F)c2)nc1Oc1cccc(NS(=O)(=O)C(C)(C)C)c1. The number of halogens is 1. The van der Waals surface area contributed by atoms with Crippen LogP contribution in [-0.4, -0.2) is 61.3 Å². The molecule has 2 heterocycles. The average Bonchev–Trinajstić information content (AvgIpc) is 2.81. The number of benzene rings is 2. The zero-order chi connectivity index (χ0) is 26.8. The average molecular weight is 529 g/mol. The van der Waals surface area contributed by atoms with Gasteiger partial charge in [0.25, 0.3) is 0 Å². The van der Waals surface area contributed by atoms with Crippen LogP contribution in [-0.2, 0) is 10.0 Å². The summed E-state index contributed by atoms with van der Waals surface area (Å²) in [4.78, 5) is 13.0. The lowest BCUT2D eigenvalue weighted by atomic mass is 10.2. The Kier molecular flexibility index (Phi) is 7.56. The van der Waals surface area contributed by atoms with Crippen molar-refractivity contribution in [2.24, 2.45) is 0 Å². The van der Waals surface area contributed by atoms with E-state index in [-0.39, 0.29) is 11.8 Å². The van der Waals surface area contributed by atoms with E-state index in [0.29, 0.717) is 34.3 Å². The molecule has 0 amide bonds. The molecule has 0 spiro atoms. The number of ether oxygens (including phenoxy) is 1. The van der Waals surface area contributed by atoms with Gasteiger partial charge >= 0.3 is 0 Å². The lowest BCUT2D eigenvalue weighted by Gasteiger charge is -2.34. The molecular formula is C26H33FN6O3S. The minimum absolute atomic E-state index is 0.247. The van der Waals surface area contributed by atoms with Gasteiger partial charge in [-0.2, -0.15) is 4.98 Å². The first-order valence-electron chi connectivity index (χ1n) is 12.1. The van der Waals surface area contributed by atoms with Gasteiger partial charge in [0, 0.05) is 49.7 Å². The molecule has 37 heavy (non-hydrogen) atoms. The molecule has 0 atom stereocenters. The van der Waals surface area contributed by atoms with E-state index in [1.165, 1.54) is 6.07 Å². The monoisotopic (exact) mass is 528 g/mol. The number of piperazine rings is 1. The summed E-state index contributed by atoms with van der Waals surface area (Å²) < 4.78 is 47.5. The van der Waals surface area contributed by atoms with E-state index < -0.39 is 14.8 Å². The van der Waals surface area contributed by atoms with Crippen LogP contribution in [0, 0.1) is 12.7 Å².